The summed E-state index contributed by atoms with van der Waals surface area (Å²) in [6.07, 6.45) is 5.28. The minimum atomic E-state index is -0.403. The van der Waals surface area contributed by atoms with Gasteiger partial charge in [-0.3, -0.25) is 10.1 Å². The van der Waals surface area contributed by atoms with E-state index in [1.807, 2.05) is 6.07 Å². The molecule has 0 amide bonds. The summed E-state index contributed by atoms with van der Waals surface area (Å²) in [4.78, 5) is 28.0. The molecule has 3 rings (SSSR count). The van der Waals surface area contributed by atoms with E-state index >= 15 is 0 Å². The summed E-state index contributed by atoms with van der Waals surface area (Å²) in [6.45, 7) is 8.00. The Morgan fingerprint density at radius 1 is 1.21 bits per heavy atom. The molecular weight excluding hydrogens is 485 g/mol. The van der Waals surface area contributed by atoms with Crippen LogP contribution in [0.2, 0.25) is 0 Å². The van der Waals surface area contributed by atoms with Gasteiger partial charge in [-0.25, -0.2) is 15.0 Å². The van der Waals surface area contributed by atoms with Crippen molar-refractivity contribution in [3.8, 4) is 0 Å². The molecule has 0 atom stereocenters. The number of non-ortho nitro benzene ring substituents is 1. The zero-order valence-corrected chi connectivity index (χ0v) is 18.3. The molecule has 0 unspecified atom stereocenters. The highest BCUT2D eigenvalue weighted by Gasteiger charge is 2.21. The number of nitrogens with zero attached hydrogens (tertiary/aromatic N) is 6. The van der Waals surface area contributed by atoms with Crippen LogP contribution in [0.5, 0.6) is 0 Å². The van der Waals surface area contributed by atoms with E-state index in [0.717, 1.165) is 43.7 Å². The predicted molar refractivity (Wildman–Crippen MR) is 124 cm³/mol. The van der Waals surface area contributed by atoms with E-state index in [1.165, 1.54) is 12.1 Å². The van der Waals surface area contributed by atoms with Gasteiger partial charge in [-0.05, 0) is 11.6 Å². The third-order valence-corrected chi connectivity index (χ3v) is 4.38. The maximum Gasteiger partial charge on any atom is 0.269 e. The number of nitro groups is 1. The van der Waals surface area contributed by atoms with Gasteiger partial charge in [0, 0.05) is 57.3 Å². The quantitative estimate of drug-likeness (QED) is 0.160. The van der Waals surface area contributed by atoms with Gasteiger partial charge in [-0.1, -0.05) is 18.2 Å². The fourth-order valence-corrected chi connectivity index (χ4v) is 2.89. The molecule has 0 saturated carbocycles. The molecule has 9 nitrogen and oxygen atoms in total. The van der Waals surface area contributed by atoms with Gasteiger partial charge >= 0.3 is 0 Å². The third-order valence-electron chi connectivity index (χ3n) is 4.38. The Morgan fingerprint density at radius 2 is 1.86 bits per heavy atom. The molecule has 2 heterocycles. The number of rotatable bonds is 6. The topological polar surface area (TPSA) is 99.8 Å². The monoisotopic (exact) mass is 509 g/mol. The molecule has 0 radical (unpaired) electrons. The van der Waals surface area contributed by atoms with Crippen molar-refractivity contribution in [1.29, 1.82) is 0 Å². The van der Waals surface area contributed by atoms with E-state index in [9.17, 15) is 10.1 Å². The van der Waals surface area contributed by atoms with Crippen molar-refractivity contribution in [3.05, 3.63) is 71.1 Å². The molecule has 154 valence electrons. The second kappa shape index (κ2) is 11.3. The summed E-state index contributed by atoms with van der Waals surface area (Å²) in [5, 5.41) is 14.1. The number of nitrogens with one attached hydrogen (secondary N) is 1. The van der Waals surface area contributed by atoms with Crippen molar-refractivity contribution in [3.63, 3.8) is 0 Å². The Balaban J connectivity index is 0.00000300. The molecule has 2 aromatic rings. The Labute approximate surface area is 186 Å². The molecule has 1 N–H and O–H groups in total. The van der Waals surface area contributed by atoms with E-state index in [4.69, 9.17) is 4.99 Å². The Morgan fingerprint density at radius 3 is 2.45 bits per heavy atom. The summed E-state index contributed by atoms with van der Waals surface area (Å²) in [7, 11) is 0. The van der Waals surface area contributed by atoms with Crippen LogP contribution in [-0.4, -0.2) is 58.5 Å². The van der Waals surface area contributed by atoms with Crippen molar-refractivity contribution >= 4 is 41.6 Å². The molecular formula is C19H24IN7O2. The standard InChI is InChI=1S/C19H23N7O2.HI/c1-2-8-20-19(23-15-16-4-6-17(7-5-16)26(27)28)25-13-11-24(12-14-25)18-21-9-3-10-22-18;/h2-7,9-10H,1,8,11-15H2,(H,20,23);1H. The van der Waals surface area contributed by atoms with Crippen LogP contribution in [0.1, 0.15) is 5.56 Å². The number of guanidine groups is 1. The van der Waals surface area contributed by atoms with Crippen molar-refractivity contribution in [2.45, 2.75) is 6.54 Å². The second-order valence-electron chi connectivity index (χ2n) is 6.26. The van der Waals surface area contributed by atoms with Gasteiger partial charge in [0.25, 0.3) is 5.69 Å². The molecule has 1 aliphatic rings. The van der Waals surface area contributed by atoms with Crippen LogP contribution in [-0.2, 0) is 6.54 Å². The molecule has 0 bridgehead atoms. The van der Waals surface area contributed by atoms with E-state index in [1.54, 1.807) is 30.6 Å². The van der Waals surface area contributed by atoms with Crippen molar-refractivity contribution in [1.82, 2.24) is 20.2 Å². The maximum absolute atomic E-state index is 10.8. The minimum Gasteiger partial charge on any atom is -0.353 e. The first-order valence-electron chi connectivity index (χ1n) is 9.07. The fraction of sp³-hybridized carbons (Fsp3) is 0.316. The zero-order valence-electron chi connectivity index (χ0n) is 16.0. The highest BCUT2D eigenvalue weighted by Crippen LogP contribution is 2.13. The summed E-state index contributed by atoms with van der Waals surface area (Å²) in [5.41, 5.74) is 0.997. The zero-order chi connectivity index (χ0) is 19.8. The highest BCUT2D eigenvalue weighted by molar-refractivity contribution is 14.0. The normalized spacial score (nSPS) is 14.1. The lowest BCUT2D eigenvalue weighted by molar-refractivity contribution is -0.384. The highest BCUT2D eigenvalue weighted by atomic mass is 127. The summed E-state index contributed by atoms with van der Waals surface area (Å²) >= 11 is 0. The van der Waals surface area contributed by atoms with Crippen LogP contribution in [0.4, 0.5) is 11.6 Å². The summed E-state index contributed by atoms with van der Waals surface area (Å²) in [6, 6.07) is 8.28. The average Bonchev–Trinajstić information content (AvgIpc) is 2.75. The smallest absolute Gasteiger partial charge is 0.269 e. The molecule has 29 heavy (non-hydrogen) atoms. The number of nitro benzene ring substituents is 1. The van der Waals surface area contributed by atoms with Crippen LogP contribution in [0.3, 0.4) is 0 Å². The fourth-order valence-electron chi connectivity index (χ4n) is 2.89. The van der Waals surface area contributed by atoms with E-state index in [2.05, 4.69) is 31.7 Å². The van der Waals surface area contributed by atoms with Gasteiger partial charge < -0.3 is 15.1 Å². The molecule has 0 spiro atoms. The molecule has 1 aliphatic heterocycles. The molecule has 1 saturated heterocycles. The number of halogens is 1. The first-order chi connectivity index (χ1) is 13.7. The number of benzene rings is 1. The van der Waals surface area contributed by atoms with Gasteiger partial charge in [0.2, 0.25) is 5.95 Å². The molecule has 10 heteroatoms. The lowest BCUT2D eigenvalue weighted by atomic mass is 10.2. The van der Waals surface area contributed by atoms with Crippen LogP contribution >= 0.6 is 24.0 Å². The van der Waals surface area contributed by atoms with Gasteiger partial charge in [0.1, 0.15) is 0 Å². The number of piperazine rings is 1. The Kier molecular flexibility index (Phi) is 8.77. The Hall–Kier alpha value is -2.76. The van der Waals surface area contributed by atoms with Gasteiger partial charge in [0.05, 0.1) is 11.5 Å². The molecule has 1 aromatic carbocycles. The van der Waals surface area contributed by atoms with Crippen LogP contribution < -0.4 is 10.2 Å². The lowest BCUT2D eigenvalue weighted by Gasteiger charge is -2.36. The SMILES string of the molecule is C=CCNC(=NCc1ccc([N+](=O)[O-])cc1)N1CCN(c2ncccn2)CC1.I. The lowest BCUT2D eigenvalue weighted by Crippen LogP contribution is -2.53. The van der Waals surface area contributed by atoms with E-state index in [0.29, 0.717) is 13.1 Å². The third kappa shape index (κ3) is 6.38. The van der Waals surface area contributed by atoms with E-state index in [-0.39, 0.29) is 29.7 Å². The van der Waals surface area contributed by atoms with Crippen LogP contribution in [0.25, 0.3) is 0 Å². The van der Waals surface area contributed by atoms with Crippen LogP contribution in [0.15, 0.2) is 60.4 Å². The largest absolute Gasteiger partial charge is 0.353 e. The Bertz CT molecular complexity index is 822. The molecule has 1 aromatic heterocycles. The van der Waals surface area contributed by atoms with Gasteiger partial charge in [0.15, 0.2) is 5.96 Å². The van der Waals surface area contributed by atoms with Crippen molar-refractivity contribution < 1.29 is 4.92 Å². The first-order valence-corrected chi connectivity index (χ1v) is 9.07. The van der Waals surface area contributed by atoms with Crippen molar-refractivity contribution in [2.24, 2.45) is 4.99 Å². The summed E-state index contributed by atoms with van der Waals surface area (Å²) in [5.74, 6) is 1.54. The van der Waals surface area contributed by atoms with Crippen molar-refractivity contribution in [2.75, 3.05) is 37.6 Å². The number of aliphatic imine (C=N–C) groups is 1. The number of hydrogen-bond donors (Lipinski definition) is 1. The predicted octanol–water partition coefficient (Wildman–Crippen LogP) is 2.46. The number of hydrogen-bond acceptors (Lipinski definition) is 6. The van der Waals surface area contributed by atoms with E-state index < -0.39 is 4.92 Å². The first kappa shape index (κ1) is 22.5. The number of aromatic nitrogens is 2. The minimum absolute atomic E-state index is 0. The maximum atomic E-state index is 10.8. The summed E-state index contributed by atoms with van der Waals surface area (Å²) < 4.78 is 0. The van der Waals surface area contributed by atoms with Gasteiger partial charge in [-0.2, -0.15) is 0 Å². The van der Waals surface area contributed by atoms with Gasteiger partial charge in [-0.15, -0.1) is 30.6 Å². The second-order valence-corrected chi connectivity index (χ2v) is 6.26. The number of anilines is 1. The average molecular weight is 509 g/mol. The van der Waals surface area contributed by atoms with Crippen LogP contribution in [0, 0.1) is 10.1 Å². The molecule has 0 aliphatic carbocycles. The molecule has 1 fully saturated rings.